The smallest absolute Gasteiger partial charge is 0.161 e. The molecule has 5 nitrogen and oxygen atoms in total. The molecule has 20 heavy (non-hydrogen) atoms. The zero-order chi connectivity index (χ0) is 15.2. The monoisotopic (exact) mass is 279 g/mol. The summed E-state index contributed by atoms with van der Waals surface area (Å²) in [5, 5.41) is 0. The van der Waals surface area contributed by atoms with Crippen LogP contribution in [0.15, 0.2) is 23.2 Å². The van der Waals surface area contributed by atoms with Crippen molar-refractivity contribution in [2.75, 3.05) is 13.2 Å². The predicted octanol–water partition coefficient (Wildman–Crippen LogP) is 2.49. The Morgan fingerprint density at radius 1 is 1.15 bits per heavy atom. The molecule has 112 valence electrons. The molecule has 0 aliphatic heterocycles. The normalized spacial score (nSPS) is 12.2. The van der Waals surface area contributed by atoms with Crippen molar-refractivity contribution in [3.05, 3.63) is 23.8 Å². The van der Waals surface area contributed by atoms with Gasteiger partial charge in [-0.25, -0.2) is 5.84 Å². The summed E-state index contributed by atoms with van der Waals surface area (Å²) in [6.45, 7) is 11.1. The van der Waals surface area contributed by atoms with Crippen molar-refractivity contribution in [3.63, 3.8) is 0 Å². The van der Waals surface area contributed by atoms with Crippen molar-refractivity contribution in [1.29, 1.82) is 0 Å². The van der Waals surface area contributed by atoms with Crippen LogP contribution in [0.25, 0.3) is 0 Å². The number of nitrogens with zero attached hydrogens (tertiary/aromatic N) is 1. The molecule has 0 amide bonds. The Hall–Kier alpha value is -1.75. The second-order valence-corrected chi connectivity index (χ2v) is 5.30. The second-order valence-electron chi connectivity index (χ2n) is 5.30. The number of hydrogen-bond donors (Lipinski definition) is 2. The molecular formula is C15H25N3O2. The lowest BCUT2D eigenvalue weighted by molar-refractivity contribution is 0.287. The van der Waals surface area contributed by atoms with Crippen molar-refractivity contribution in [3.8, 4) is 11.5 Å². The van der Waals surface area contributed by atoms with Crippen molar-refractivity contribution in [1.82, 2.24) is 5.43 Å². The molecule has 0 saturated heterocycles. The molecule has 0 spiro atoms. The number of amidine groups is 1. The maximum Gasteiger partial charge on any atom is 0.161 e. The Labute approximate surface area is 121 Å². The van der Waals surface area contributed by atoms with Crippen LogP contribution in [-0.2, 0) is 0 Å². The summed E-state index contributed by atoms with van der Waals surface area (Å²) in [5.41, 5.74) is 3.30. The van der Waals surface area contributed by atoms with Crippen molar-refractivity contribution >= 4 is 5.84 Å². The number of rotatable bonds is 5. The fourth-order valence-corrected chi connectivity index (χ4v) is 1.71. The van der Waals surface area contributed by atoms with Crippen LogP contribution in [0, 0.1) is 0 Å². The minimum absolute atomic E-state index is 0.216. The lowest BCUT2D eigenvalue weighted by Crippen LogP contribution is -2.33. The van der Waals surface area contributed by atoms with E-state index in [9.17, 15) is 0 Å². The number of hydrogen-bond acceptors (Lipinski definition) is 4. The van der Waals surface area contributed by atoms with Crippen LogP contribution in [-0.4, -0.2) is 24.6 Å². The van der Waals surface area contributed by atoms with Gasteiger partial charge in [0, 0.05) is 5.56 Å². The van der Waals surface area contributed by atoms with E-state index in [1.165, 1.54) is 0 Å². The molecule has 0 radical (unpaired) electrons. The first-order valence-corrected chi connectivity index (χ1v) is 6.87. The molecule has 1 rings (SSSR count). The van der Waals surface area contributed by atoms with E-state index >= 15 is 0 Å². The summed E-state index contributed by atoms with van der Waals surface area (Å²) in [5.74, 6) is 7.63. The van der Waals surface area contributed by atoms with Crippen LogP contribution in [0.4, 0.5) is 0 Å². The number of benzene rings is 1. The van der Waals surface area contributed by atoms with Gasteiger partial charge in [-0.2, -0.15) is 0 Å². The molecular weight excluding hydrogens is 254 g/mol. The standard InChI is InChI=1S/C15H25N3O2/c1-6-19-12-9-8-11(10-13(12)20-7-2)14(18-16)17-15(3,4)5/h8-10H,6-7,16H2,1-5H3,(H,17,18). The summed E-state index contributed by atoms with van der Waals surface area (Å²) < 4.78 is 11.1. The van der Waals surface area contributed by atoms with E-state index in [0.717, 1.165) is 11.3 Å². The first kappa shape index (κ1) is 16.3. The Kier molecular flexibility index (Phi) is 5.82. The highest BCUT2D eigenvalue weighted by atomic mass is 16.5. The van der Waals surface area contributed by atoms with Crippen molar-refractivity contribution in [2.45, 2.75) is 40.2 Å². The maximum atomic E-state index is 5.61. The summed E-state index contributed by atoms with van der Waals surface area (Å²) in [4.78, 5) is 4.56. The Bertz CT molecular complexity index is 465. The average molecular weight is 279 g/mol. The molecule has 0 heterocycles. The van der Waals surface area contributed by atoms with Gasteiger partial charge in [-0.15, -0.1) is 0 Å². The molecule has 5 heteroatoms. The summed E-state index contributed by atoms with van der Waals surface area (Å²) in [7, 11) is 0. The minimum Gasteiger partial charge on any atom is -0.490 e. The van der Waals surface area contributed by atoms with Crippen LogP contribution in [0.3, 0.4) is 0 Å². The van der Waals surface area contributed by atoms with E-state index in [-0.39, 0.29) is 5.54 Å². The topological polar surface area (TPSA) is 68.9 Å². The van der Waals surface area contributed by atoms with Gasteiger partial charge < -0.3 is 14.9 Å². The van der Waals surface area contributed by atoms with E-state index in [4.69, 9.17) is 15.3 Å². The van der Waals surface area contributed by atoms with Gasteiger partial charge >= 0.3 is 0 Å². The molecule has 0 aliphatic carbocycles. The summed E-state index contributed by atoms with van der Waals surface area (Å²) in [6.07, 6.45) is 0. The number of ether oxygens (including phenoxy) is 2. The van der Waals surface area contributed by atoms with Crippen LogP contribution in [0.5, 0.6) is 11.5 Å². The Balaban J connectivity index is 3.18. The lowest BCUT2D eigenvalue weighted by atomic mass is 10.1. The Morgan fingerprint density at radius 2 is 1.75 bits per heavy atom. The molecule has 0 saturated carbocycles. The van der Waals surface area contributed by atoms with Crippen molar-refractivity contribution < 1.29 is 9.47 Å². The molecule has 3 N–H and O–H groups in total. The largest absolute Gasteiger partial charge is 0.490 e. The molecule has 0 unspecified atom stereocenters. The van der Waals surface area contributed by atoms with Crippen LogP contribution >= 0.6 is 0 Å². The summed E-state index contributed by atoms with van der Waals surface area (Å²) in [6, 6.07) is 5.68. The van der Waals surface area contributed by atoms with Gasteiger partial charge in [0.2, 0.25) is 0 Å². The van der Waals surface area contributed by atoms with E-state index in [1.54, 1.807) is 0 Å². The fraction of sp³-hybridized carbons (Fsp3) is 0.533. The van der Waals surface area contributed by atoms with E-state index in [0.29, 0.717) is 24.8 Å². The number of nitrogens with one attached hydrogen (secondary N) is 1. The average Bonchev–Trinajstić information content (AvgIpc) is 2.37. The molecule has 0 atom stereocenters. The lowest BCUT2D eigenvalue weighted by Gasteiger charge is -2.17. The fourth-order valence-electron chi connectivity index (χ4n) is 1.71. The third-order valence-corrected chi connectivity index (χ3v) is 2.40. The molecule has 0 bridgehead atoms. The van der Waals surface area contributed by atoms with Gasteiger partial charge in [-0.3, -0.25) is 4.99 Å². The molecule has 0 aliphatic rings. The second kappa shape index (κ2) is 7.14. The molecule has 0 aromatic heterocycles. The Morgan fingerprint density at radius 3 is 2.25 bits per heavy atom. The number of hydrazine groups is 1. The van der Waals surface area contributed by atoms with Gasteiger partial charge in [-0.05, 0) is 52.8 Å². The van der Waals surface area contributed by atoms with Gasteiger partial charge in [-0.1, -0.05) is 0 Å². The van der Waals surface area contributed by atoms with Gasteiger partial charge in [0.1, 0.15) is 5.84 Å². The highest BCUT2D eigenvalue weighted by Crippen LogP contribution is 2.28. The van der Waals surface area contributed by atoms with Crippen LogP contribution in [0.2, 0.25) is 0 Å². The van der Waals surface area contributed by atoms with E-state index in [2.05, 4.69) is 10.4 Å². The van der Waals surface area contributed by atoms with Gasteiger partial charge in [0.25, 0.3) is 0 Å². The number of aliphatic imine (C=N–C) groups is 1. The summed E-state index contributed by atoms with van der Waals surface area (Å²) >= 11 is 0. The van der Waals surface area contributed by atoms with E-state index < -0.39 is 0 Å². The first-order chi connectivity index (χ1) is 9.41. The maximum absolute atomic E-state index is 5.61. The van der Waals surface area contributed by atoms with Gasteiger partial charge in [0.15, 0.2) is 11.5 Å². The van der Waals surface area contributed by atoms with E-state index in [1.807, 2.05) is 52.8 Å². The van der Waals surface area contributed by atoms with Crippen LogP contribution in [0.1, 0.15) is 40.2 Å². The third kappa shape index (κ3) is 4.74. The quantitative estimate of drug-likeness (QED) is 0.376. The zero-order valence-corrected chi connectivity index (χ0v) is 13.0. The van der Waals surface area contributed by atoms with Crippen LogP contribution < -0.4 is 20.7 Å². The SMILES string of the molecule is CCOc1ccc(C(=NC(C)(C)C)NN)cc1OCC. The minimum atomic E-state index is -0.216. The highest BCUT2D eigenvalue weighted by molar-refractivity contribution is 5.99. The first-order valence-electron chi connectivity index (χ1n) is 6.87. The van der Waals surface area contributed by atoms with Gasteiger partial charge in [0.05, 0.1) is 18.8 Å². The molecule has 1 aromatic rings. The predicted molar refractivity (Wildman–Crippen MR) is 82.4 cm³/mol. The van der Waals surface area contributed by atoms with Crippen molar-refractivity contribution in [2.24, 2.45) is 10.8 Å². The third-order valence-electron chi connectivity index (χ3n) is 2.40. The number of nitrogens with two attached hydrogens (primary N) is 1. The zero-order valence-electron chi connectivity index (χ0n) is 13.0. The highest BCUT2D eigenvalue weighted by Gasteiger charge is 2.13. The molecule has 0 fully saturated rings. The molecule has 1 aromatic carbocycles.